The maximum absolute atomic E-state index is 9.48. The number of ether oxygens (including phenoxy) is 1. The molecule has 0 unspecified atom stereocenters. The second-order valence-electron chi connectivity index (χ2n) is 9.43. The molecule has 4 rings (SSSR count). The normalized spacial score (nSPS) is 20.4. The molecule has 3 heterocycles. The van der Waals surface area contributed by atoms with E-state index < -0.39 is 10.0 Å². The number of nitrogens with zero attached hydrogens (tertiary/aromatic N) is 4. The zero-order valence-electron chi connectivity index (χ0n) is 18.6. The standard InChI is InChI=1S/C23H33BrN4O2S/c1-31(2,3)9-8-30-16-27-13-18(11-26-27)21-14-28(19-6-4-17(15-29)5-7-19)22-12-25-23(24)10-20(21)22/h10-14,17,19,29H,4-9,15-16H2,1-3H3. The third-order valence-electron chi connectivity index (χ3n) is 6.16. The molecule has 3 aromatic heterocycles. The highest BCUT2D eigenvalue weighted by Crippen LogP contribution is 2.39. The predicted octanol–water partition coefficient (Wildman–Crippen LogP) is 5.05. The molecule has 1 saturated carbocycles. The van der Waals surface area contributed by atoms with Crippen molar-refractivity contribution in [2.24, 2.45) is 5.92 Å². The van der Waals surface area contributed by atoms with Crippen molar-refractivity contribution in [3.05, 3.63) is 35.5 Å². The molecule has 170 valence electrons. The van der Waals surface area contributed by atoms with Crippen molar-refractivity contribution >= 4 is 36.9 Å². The zero-order chi connectivity index (χ0) is 22.0. The fourth-order valence-corrected chi connectivity index (χ4v) is 5.25. The van der Waals surface area contributed by atoms with E-state index in [4.69, 9.17) is 4.74 Å². The van der Waals surface area contributed by atoms with E-state index in [1.165, 1.54) is 10.9 Å². The van der Waals surface area contributed by atoms with Gasteiger partial charge in [-0.25, -0.2) is 19.7 Å². The van der Waals surface area contributed by atoms with Gasteiger partial charge in [0.1, 0.15) is 11.3 Å². The van der Waals surface area contributed by atoms with Crippen molar-refractivity contribution in [1.29, 1.82) is 0 Å². The van der Waals surface area contributed by atoms with Crippen LogP contribution in [0.3, 0.4) is 0 Å². The smallest absolute Gasteiger partial charge is 0.139 e. The first-order valence-electron chi connectivity index (χ1n) is 10.9. The van der Waals surface area contributed by atoms with Gasteiger partial charge in [-0.15, -0.1) is 0 Å². The van der Waals surface area contributed by atoms with Crippen molar-refractivity contribution in [3.8, 4) is 11.1 Å². The summed E-state index contributed by atoms with van der Waals surface area (Å²) in [5.74, 6) is 1.55. The summed E-state index contributed by atoms with van der Waals surface area (Å²) in [4.78, 5) is 4.49. The Morgan fingerprint density at radius 2 is 1.94 bits per heavy atom. The largest absolute Gasteiger partial charge is 0.396 e. The van der Waals surface area contributed by atoms with E-state index >= 15 is 0 Å². The third kappa shape index (κ3) is 5.53. The number of fused-ring (bicyclic) bond motifs is 1. The molecule has 0 aromatic carbocycles. The fraction of sp³-hybridized carbons (Fsp3) is 0.565. The van der Waals surface area contributed by atoms with Gasteiger partial charge in [0.2, 0.25) is 0 Å². The van der Waals surface area contributed by atoms with Crippen LogP contribution in [0.25, 0.3) is 22.0 Å². The summed E-state index contributed by atoms with van der Waals surface area (Å²) >= 11 is 3.54. The number of rotatable bonds is 8. The van der Waals surface area contributed by atoms with Gasteiger partial charge in [-0.3, -0.25) is 0 Å². The Balaban J connectivity index is 1.55. The predicted molar refractivity (Wildman–Crippen MR) is 133 cm³/mol. The van der Waals surface area contributed by atoms with Crippen LogP contribution in [0.15, 0.2) is 35.5 Å². The average Bonchev–Trinajstić information content (AvgIpc) is 3.35. The Bertz CT molecular complexity index is 1020. The van der Waals surface area contributed by atoms with Gasteiger partial charge in [0.05, 0.1) is 24.5 Å². The van der Waals surface area contributed by atoms with E-state index in [1.807, 2.05) is 17.1 Å². The van der Waals surface area contributed by atoms with Crippen LogP contribution in [0.2, 0.25) is 0 Å². The monoisotopic (exact) mass is 508 g/mol. The van der Waals surface area contributed by atoms with Crippen molar-refractivity contribution in [2.45, 2.75) is 38.5 Å². The molecule has 0 spiro atoms. The molecule has 6 nitrogen and oxygen atoms in total. The molecular formula is C23H33BrN4O2S. The number of hydrogen-bond acceptors (Lipinski definition) is 4. The molecular weight excluding hydrogens is 476 g/mol. The number of halogens is 1. The fourth-order valence-electron chi connectivity index (χ4n) is 4.30. The summed E-state index contributed by atoms with van der Waals surface area (Å²) in [5.41, 5.74) is 3.42. The lowest BCUT2D eigenvalue weighted by molar-refractivity contribution is 0.0809. The highest BCUT2D eigenvalue weighted by Gasteiger charge is 2.24. The molecule has 3 aromatic rings. The Kier molecular flexibility index (Phi) is 7.10. The summed E-state index contributed by atoms with van der Waals surface area (Å²) in [6.07, 6.45) is 19.5. The molecule has 8 heteroatoms. The van der Waals surface area contributed by atoms with E-state index in [0.29, 0.717) is 25.3 Å². The van der Waals surface area contributed by atoms with E-state index in [9.17, 15) is 5.11 Å². The highest BCUT2D eigenvalue weighted by atomic mass is 79.9. The number of pyridine rings is 1. The minimum Gasteiger partial charge on any atom is -0.396 e. The van der Waals surface area contributed by atoms with Gasteiger partial charge in [-0.05, 0) is 72.4 Å². The van der Waals surface area contributed by atoms with Gasteiger partial charge in [-0.1, -0.05) is 0 Å². The molecule has 0 amide bonds. The van der Waals surface area contributed by atoms with Crippen LogP contribution in [0.4, 0.5) is 0 Å². The highest BCUT2D eigenvalue weighted by molar-refractivity contribution is 9.10. The summed E-state index contributed by atoms with van der Waals surface area (Å²) in [5, 5.41) is 15.2. The number of aliphatic hydroxyl groups is 1. The molecule has 0 radical (unpaired) electrons. The van der Waals surface area contributed by atoms with Crippen LogP contribution in [0.1, 0.15) is 31.7 Å². The van der Waals surface area contributed by atoms with Crippen LogP contribution < -0.4 is 0 Å². The molecule has 0 aliphatic heterocycles. The molecule has 0 atom stereocenters. The second-order valence-corrected chi connectivity index (χ2v) is 14.8. The number of hydrogen-bond donors (Lipinski definition) is 1. The van der Waals surface area contributed by atoms with E-state index in [1.54, 1.807) is 0 Å². The summed E-state index contributed by atoms with van der Waals surface area (Å²) in [7, 11) is -0.540. The lowest BCUT2D eigenvalue weighted by Crippen LogP contribution is -2.19. The summed E-state index contributed by atoms with van der Waals surface area (Å²) < 4.78 is 10.9. The molecule has 0 saturated heterocycles. The van der Waals surface area contributed by atoms with Crippen molar-refractivity contribution in [3.63, 3.8) is 0 Å². The molecule has 1 fully saturated rings. The van der Waals surface area contributed by atoms with Gasteiger partial charge in [0.15, 0.2) is 0 Å². The van der Waals surface area contributed by atoms with Crippen molar-refractivity contribution in [1.82, 2.24) is 19.3 Å². The first kappa shape index (κ1) is 22.8. The van der Waals surface area contributed by atoms with Gasteiger partial charge < -0.3 is 14.4 Å². The molecule has 1 aliphatic rings. The zero-order valence-corrected chi connectivity index (χ0v) is 21.0. The molecule has 0 bridgehead atoms. The Hall–Kier alpha value is -1.35. The third-order valence-corrected chi connectivity index (χ3v) is 7.99. The summed E-state index contributed by atoms with van der Waals surface area (Å²) in [6.45, 7) is 1.55. The summed E-state index contributed by atoms with van der Waals surface area (Å²) in [6, 6.07) is 2.54. The van der Waals surface area contributed by atoms with Crippen LogP contribution in [-0.2, 0) is 11.5 Å². The second kappa shape index (κ2) is 9.65. The number of aromatic nitrogens is 4. The van der Waals surface area contributed by atoms with Gasteiger partial charge in [-0.2, -0.15) is 5.10 Å². The minimum atomic E-state index is -0.540. The van der Waals surface area contributed by atoms with Gasteiger partial charge >= 0.3 is 0 Å². The van der Waals surface area contributed by atoms with Crippen LogP contribution >= 0.6 is 26.0 Å². The van der Waals surface area contributed by atoms with Gasteiger partial charge in [0, 0.05) is 47.3 Å². The molecule has 31 heavy (non-hydrogen) atoms. The van der Waals surface area contributed by atoms with Crippen molar-refractivity contribution in [2.75, 3.05) is 37.7 Å². The first-order chi connectivity index (χ1) is 14.8. The molecule has 1 N–H and O–H groups in total. The molecule has 1 aliphatic carbocycles. The van der Waals surface area contributed by atoms with E-state index in [2.05, 4.69) is 67.8 Å². The SMILES string of the molecule is CS(C)(C)CCOCn1cc(-c2cn(C3CCC(CO)CC3)c3cnc(Br)cc23)cn1. The maximum atomic E-state index is 9.48. The Morgan fingerprint density at radius 1 is 1.16 bits per heavy atom. The van der Waals surface area contributed by atoms with Crippen LogP contribution in [0, 0.1) is 5.92 Å². The van der Waals surface area contributed by atoms with E-state index in [0.717, 1.165) is 53.7 Å². The van der Waals surface area contributed by atoms with Gasteiger partial charge in [0.25, 0.3) is 0 Å². The number of aliphatic hydroxyl groups excluding tert-OH is 1. The van der Waals surface area contributed by atoms with E-state index in [-0.39, 0.29) is 0 Å². The topological polar surface area (TPSA) is 65.1 Å². The average molecular weight is 510 g/mol. The van der Waals surface area contributed by atoms with Crippen molar-refractivity contribution < 1.29 is 9.84 Å². The Morgan fingerprint density at radius 3 is 2.65 bits per heavy atom. The first-order valence-corrected chi connectivity index (χ1v) is 14.7. The lowest BCUT2D eigenvalue weighted by Gasteiger charge is -2.29. The minimum absolute atomic E-state index is 0.303. The maximum Gasteiger partial charge on any atom is 0.139 e. The van der Waals surface area contributed by atoms with Crippen LogP contribution in [-0.4, -0.2) is 62.2 Å². The quantitative estimate of drug-likeness (QED) is 0.341. The lowest BCUT2D eigenvalue weighted by atomic mass is 9.86. The Labute approximate surface area is 194 Å². The van der Waals surface area contributed by atoms with Crippen LogP contribution in [0.5, 0.6) is 0 Å².